The van der Waals surface area contributed by atoms with Crippen LogP contribution in [-0.2, 0) is 0 Å². The molecule has 0 saturated carbocycles. The van der Waals surface area contributed by atoms with Crippen molar-refractivity contribution in [3.05, 3.63) is 125 Å². The van der Waals surface area contributed by atoms with E-state index in [-0.39, 0.29) is 11.5 Å². The van der Waals surface area contributed by atoms with Crippen molar-refractivity contribution in [3.8, 4) is 11.5 Å². The first-order valence-electron chi connectivity index (χ1n) is 10.8. The van der Waals surface area contributed by atoms with Gasteiger partial charge in [-0.25, -0.2) is 9.69 Å². The number of rotatable bonds is 7. The minimum atomic E-state index is -0.582. The summed E-state index contributed by atoms with van der Waals surface area (Å²) in [7, 11) is 1.49. The molecular weight excluding hydrogens is 462 g/mol. The zero-order valence-corrected chi connectivity index (χ0v) is 19.7. The number of ketones is 1. The number of anilines is 2. The summed E-state index contributed by atoms with van der Waals surface area (Å²) in [5.41, 5.74) is 2.59. The van der Waals surface area contributed by atoms with E-state index in [1.54, 1.807) is 48.5 Å². The van der Waals surface area contributed by atoms with Gasteiger partial charge in [0, 0.05) is 10.6 Å². The van der Waals surface area contributed by atoms with Crippen LogP contribution in [-0.4, -0.2) is 19.0 Å². The third-order valence-electron chi connectivity index (χ3n) is 5.15. The van der Waals surface area contributed by atoms with Crippen molar-refractivity contribution in [2.24, 2.45) is 0 Å². The summed E-state index contributed by atoms with van der Waals surface area (Å²) in [4.78, 5) is 27.1. The average molecular weight is 484 g/mol. The number of methoxy groups -OCH3 is 1. The fourth-order valence-electron chi connectivity index (χ4n) is 3.41. The maximum Gasteiger partial charge on any atom is 0.424 e. The van der Waals surface area contributed by atoms with Crippen molar-refractivity contribution in [1.82, 2.24) is 0 Å². The van der Waals surface area contributed by atoms with E-state index in [1.807, 2.05) is 60.7 Å². The number of halogens is 1. The average Bonchev–Trinajstić information content (AvgIpc) is 2.89. The lowest BCUT2D eigenvalue weighted by Gasteiger charge is -2.22. The number of amides is 1. The van der Waals surface area contributed by atoms with Crippen LogP contribution in [0.1, 0.15) is 15.9 Å². The van der Waals surface area contributed by atoms with Gasteiger partial charge in [0.2, 0.25) is 0 Å². The third-order valence-corrected chi connectivity index (χ3v) is 5.40. The Hall–Kier alpha value is -4.35. The zero-order chi connectivity index (χ0) is 24.6. The van der Waals surface area contributed by atoms with Gasteiger partial charge in [-0.2, -0.15) is 0 Å². The van der Waals surface area contributed by atoms with E-state index in [0.29, 0.717) is 33.3 Å². The highest BCUT2D eigenvalue weighted by Gasteiger charge is 2.21. The molecular formula is C29H22ClNO4. The molecule has 0 bridgehead atoms. The van der Waals surface area contributed by atoms with Gasteiger partial charge in [0.05, 0.1) is 18.5 Å². The number of carbonyl (C=O) groups excluding carboxylic acids is 2. The largest absolute Gasteiger partial charge is 0.493 e. The Morgan fingerprint density at radius 1 is 0.771 bits per heavy atom. The van der Waals surface area contributed by atoms with Gasteiger partial charge in [-0.1, -0.05) is 60.1 Å². The summed E-state index contributed by atoms with van der Waals surface area (Å²) in [6.07, 6.45) is 2.56. The molecule has 0 N–H and O–H groups in total. The Bertz CT molecular complexity index is 1300. The number of carbonyl (C=O) groups is 2. The standard InChI is InChI=1S/C29H22ClNO4/c1-34-28-20-21(12-18-26(32)22-14-16-23(30)17-15-22)13-19-27(28)35-29(33)31(24-8-4-2-5-9-24)25-10-6-3-7-11-25/h2-20H,1H3. The van der Waals surface area contributed by atoms with Crippen LogP contribution in [0.3, 0.4) is 0 Å². The highest BCUT2D eigenvalue weighted by molar-refractivity contribution is 6.30. The molecule has 0 atom stereocenters. The number of nitrogens with zero attached hydrogens (tertiary/aromatic N) is 1. The van der Waals surface area contributed by atoms with Gasteiger partial charge in [0.15, 0.2) is 17.3 Å². The Morgan fingerprint density at radius 3 is 1.94 bits per heavy atom. The van der Waals surface area contributed by atoms with Crippen molar-refractivity contribution in [3.63, 3.8) is 0 Å². The predicted molar refractivity (Wildman–Crippen MR) is 139 cm³/mol. The van der Waals surface area contributed by atoms with Gasteiger partial charge in [-0.05, 0) is 72.3 Å². The molecule has 0 aliphatic heterocycles. The Labute approximate surface area is 208 Å². The lowest BCUT2D eigenvalue weighted by molar-refractivity contribution is 0.104. The molecule has 35 heavy (non-hydrogen) atoms. The number of para-hydroxylation sites is 2. The van der Waals surface area contributed by atoms with E-state index in [1.165, 1.54) is 18.1 Å². The van der Waals surface area contributed by atoms with E-state index in [9.17, 15) is 9.59 Å². The fraction of sp³-hybridized carbons (Fsp3) is 0.0345. The van der Waals surface area contributed by atoms with Crippen LogP contribution in [0.2, 0.25) is 5.02 Å². The highest BCUT2D eigenvalue weighted by Crippen LogP contribution is 2.32. The van der Waals surface area contributed by atoms with Crippen molar-refractivity contribution in [1.29, 1.82) is 0 Å². The molecule has 4 aromatic rings. The van der Waals surface area contributed by atoms with Crippen molar-refractivity contribution >= 4 is 40.9 Å². The fourth-order valence-corrected chi connectivity index (χ4v) is 3.53. The molecule has 4 rings (SSSR count). The van der Waals surface area contributed by atoms with Crippen LogP contribution >= 0.6 is 11.6 Å². The summed E-state index contributed by atoms with van der Waals surface area (Å²) >= 11 is 5.88. The van der Waals surface area contributed by atoms with Gasteiger partial charge < -0.3 is 9.47 Å². The Balaban J connectivity index is 1.55. The number of benzene rings is 4. The summed E-state index contributed by atoms with van der Waals surface area (Å²) in [5, 5.41) is 0.568. The van der Waals surface area contributed by atoms with Gasteiger partial charge in [-0.3, -0.25) is 4.79 Å². The minimum absolute atomic E-state index is 0.155. The Kier molecular flexibility index (Phi) is 7.60. The molecule has 4 aromatic carbocycles. The van der Waals surface area contributed by atoms with Crippen molar-refractivity contribution < 1.29 is 19.1 Å². The molecule has 5 nitrogen and oxygen atoms in total. The second-order valence-corrected chi connectivity index (χ2v) is 7.93. The molecule has 6 heteroatoms. The first kappa shape index (κ1) is 23.8. The first-order chi connectivity index (χ1) is 17.0. The zero-order valence-electron chi connectivity index (χ0n) is 18.9. The SMILES string of the molecule is COc1cc(C=CC(=O)c2ccc(Cl)cc2)ccc1OC(=O)N(c1ccccc1)c1ccccc1. The molecule has 0 fully saturated rings. The molecule has 0 aromatic heterocycles. The maximum absolute atomic E-state index is 13.2. The van der Waals surface area contributed by atoms with Crippen LogP contribution in [0, 0.1) is 0 Å². The van der Waals surface area contributed by atoms with Crippen LogP contribution in [0.4, 0.5) is 16.2 Å². The van der Waals surface area contributed by atoms with E-state index in [2.05, 4.69) is 0 Å². The van der Waals surface area contributed by atoms with Crippen LogP contribution in [0.5, 0.6) is 11.5 Å². The monoisotopic (exact) mass is 483 g/mol. The lowest BCUT2D eigenvalue weighted by Crippen LogP contribution is -2.29. The van der Waals surface area contributed by atoms with Crippen LogP contribution < -0.4 is 14.4 Å². The molecule has 1 amide bonds. The second kappa shape index (κ2) is 11.2. The van der Waals surface area contributed by atoms with Crippen LogP contribution in [0.25, 0.3) is 6.08 Å². The normalized spacial score (nSPS) is 10.7. The molecule has 0 heterocycles. The molecule has 174 valence electrons. The summed E-state index contributed by atoms with van der Waals surface area (Å²) in [5.74, 6) is 0.466. The molecule has 0 spiro atoms. The smallest absolute Gasteiger partial charge is 0.424 e. The lowest BCUT2D eigenvalue weighted by atomic mass is 10.1. The van der Waals surface area contributed by atoms with Crippen molar-refractivity contribution in [2.45, 2.75) is 0 Å². The Morgan fingerprint density at radius 2 is 1.37 bits per heavy atom. The number of ether oxygens (including phenoxy) is 2. The second-order valence-electron chi connectivity index (χ2n) is 7.49. The highest BCUT2D eigenvalue weighted by atomic mass is 35.5. The van der Waals surface area contributed by atoms with Gasteiger partial charge in [0.25, 0.3) is 0 Å². The molecule has 0 aliphatic rings. The van der Waals surface area contributed by atoms with E-state index in [4.69, 9.17) is 21.1 Å². The van der Waals surface area contributed by atoms with Gasteiger partial charge in [-0.15, -0.1) is 0 Å². The third kappa shape index (κ3) is 5.96. The summed E-state index contributed by atoms with van der Waals surface area (Å²) in [6, 6.07) is 30.2. The van der Waals surface area contributed by atoms with E-state index < -0.39 is 6.09 Å². The summed E-state index contributed by atoms with van der Waals surface area (Å²) < 4.78 is 11.2. The van der Waals surface area contributed by atoms with Gasteiger partial charge >= 0.3 is 6.09 Å². The maximum atomic E-state index is 13.2. The molecule has 0 saturated heterocycles. The van der Waals surface area contributed by atoms with Crippen LogP contribution in [0.15, 0.2) is 109 Å². The number of hydrogen-bond acceptors (Lipinski definition) is 4. The number of allylic oxidation sites excluding steroid dienone is 1. The van der Waals surface area contributed by atoms with Gasteiger partial charge in [0.1, 0.15) is 0 Å². The minimum Gasteiger partial charge on any atom is -0.493 e. The summed E-state index contributed by atoms with van der Waals surface area (Å²) in [6.45, 7) is 0. The molecule has 0 aliphatic carbocycles. The molecule has 0 radical (unpaired) electrons. The quantitative estimate of drug-likeness (QED) is 0.201. The topological polar surface area (TPSA) is 55.8 Å². The number of hydrogen-bond donors (Lipinski definition) is 0. The van der Waals surface area contributed by atoms with E-state index >= 15 is 0 Å². The first-order valence-corrected chi connectivity index (χ1v) is 11.2. The van der Waals surface area contributed by atoms with E-state index in [0.717, 1.165) is 0 Å². The van der Waals surface area contributed by atoms with Crippen molar-refractivity contribution in [2.75, 3.05) is 12.0 Å². The predicted octanol–water partition coefficient (Wildman–Crippen LogP) is 7.58. The molecule has 0 unspecified atom stereocenters.